The van der Waals surface area contributed by atoms with Crippen molar-refractivity contribution in [2.75, 3.05) is 36.0 Å². The topological polar surface area (TPSA) is 214 Å². The standard InChI is InChI=1S/C33H26N4O5.C26H24N4O4/c38-32(29-16-21-7-2-4-11-27(21)42-29)34-17-23-18-37(33(39)40-23)22-12-13-24-19(14-22)8-5-9-25-30(24)35-36-31(25)28-15-20-6-1-3-10-26(20)41-28;1-15(31)27-13-19-14-30(26(32)33-19)18-9-10-20-16(11-18)6-4-7-21-24(20)28-29-25(21)23-12-17-5-2-3-8-22(17)34-23/h1-4,6-7,10-16,23H,5,8-9,17-18H2,(H,34,38)(H,35,36);2-3,5,8-12,19H,4,6-7,13-14H2,1H3,(H,27,31)(H,28,29)/t23-;19-/m00/s1. The number of aromatic nitrogens is 4. The number of hydrogen-bond donors (Lipinski definition) is 4. The largest absolute Gasteiger partial charge is 0.454 e. The number of furan rings is 3. The number of fused-ring (bicyclic) bond motifs is 9. The number of para-hydroxylation sites is 3. The van der Waals surface area contributed by atoms with Gasteiger partial charge < -0.3 is 33.4 Å². The lowest BCUT2D eigenvalue weighted by molar-refractivity contribution is -0.119. The van der Waals surface area contributed by atoms with Crippen molar-refractivity contribution >= 4 is 68.3 Å². The number of aromatic amines is 2. The number of nitrogens with one attached hydrogen (secondary N) is 4. The Labute approximate surface area is 434 Å². The maximum absolute atomic E-state index is 12.8. The van der Waals surface area contributed by atoms with E-state index in [1.807, 2.05) is 109 Å². The predicted molar refractivity (Wildman–Crippen MR) is 285 cm³/mol. The van der Waals surface area contributed by atoms with Gasteiger partial charge in [0.05, 0.1) is 37.6 Å². The Kier molecular flexibility index (Phi) is 11.7. The molecule has 2 saturated heterocycles. The quantitative estimate of drug-likeness (QED) is 0.107. The van der Waals surface area contributed by atoms with Crippen LogP contribution >= 0.6 is 0 Å². The molecule has 14 rings (SSSR count). The van der Waals surface area contributed by atoms with Crippen molar-refractivity contribution in [2.45, 2.75) is 57.7 Å². The molecule has 2 fully saturated rings. The molecule has 380 valence electrons. The number of carbonyl (C=O) groups is 4. The molecule has 4 amide bonds. The van der Waals surface area contributed by atoms with Gasteiger partial charge in [0.2, 0.25) is 5.91 Å². The van der Waals surface area contributed by atoms with E-state index in [9.17, 15) is 19.2 Å². The van der Waals surface area contributed by atoms with Crippen LogP contribution in [0.4, 0.5) is 21.0 Å². The number of carbonyl (C=O) groups excluding carboxylic acids is 4. The van der Waals surface area contributed by atoms with E-state index >= 15 is 0 Å². The number of aryl methyl sites for hydroxylation is 2. The van der Waals surface area contributed by atoms with Crippen LogP contribution in [0.3, 0.4) is 0 Å². The summed E-state index contributed by atoms with van der Waals surface area (Å²) in [6, 6.07) is 41.2. The summed E-state index contributed by atoms with van der Waals surface area (Å²) in [5.74, 6) is 1.31. The van der Waals surface area contributed by atoms with Gasteiger partial charge in [0.25, 0.3) is 5.91 Å². The van der Waals surface area contributed by atoms with Gasteiger partial charge in [-0.2, -0.15) is 10.2 Å². The summed E-state index contributed by atoms with van der Waals surface area (Å²) >= 11 is 0. The molecule has 2 aliphatic heterocycles. The van der Waals surface area contributed by atoms with E-state index in [4.69, 9.17) is 27.8 Å². The molecule has 5 aromatic carbocycles. The molecule has 4 aliphatic rings. The fraction of sp³-hybridized carbons (Fsp3) is 0.220. The second kappa shape index (κ2) is 19.1. The van der Waals surface area contributed by atoms with Crippen molar-refractivity contribution in [3.8, 4) is 45.4 Å². The number of anilines is 2. The van der Waals surface area contributed by atoms with Gasteiger partial charge in [-0.15, -0.1) is 0 Å². The third-order valence-corrected chi connectivity index (χ3v) is 14.6. The lowest BCUT2D eigenvalue weighted by Gasteiger charge is -2.16. The molecular weight excluding hydrogens is 965 g/mol. The van der Waals surface area contributed by atoms with Crippen LogP contribution in [0.15, 0.2) is 141 Å². The zero-order chi connectivity index (χ0) is 51.4. The molecule has 0 radical (unpaired) electrons. The fourth-order valence-electron chi connectivity index (χ4n) is 10.9. The molecule has 10 aromatic rings. The maximum atomic E-state index is 12.8. The Morgan fingerprint density at radius 3 is 1.50 bits per heavy atom. The van der Waals surface area contributed by atoms with Crippen molar-refractivity contribution in [2.24, 2.45) is 0 Å². The smallest absolute Gasteiger partial charge is 0.414 e. The highest BCUT2D eigenvalue weighted by molar-refractivity contribution is 5.97. The van der Waals surface area contributed by atoms with Crippen LogP contribution < -0.4 is 20.4 Å². The van der Waals surface area contributed by atoms with E-state index in [-0.39, 0.29) is 30.2 Å². The Bertz CT molecular complexity index is 3820. The predicted octanol–water partition coefficient (Wildman–Crippen LogP) is 10.9. The molecule has 0 bridgehead atoms. The Hall–Kier alpha value is -9.38. The summed E-state index contributed by atoms with van der Waals surface area (Å²) in [6.07, 6.45) is 3.73. The second-order valence-electron chi connectivity index (χ2n) is 19.6. The molecule has 0 spiro atoms. The summed E-state index contributed by atoms with van der Waals surface area (Å²) in [7, 11) is 0. The van der Waals surface area contributed by atoms with Gasteiger partial charge in [0.1, 0.15) is 40.3 Å². The van der Waals surface area contributed by atoms with Crippen LogP contribution in [0, 0.1) is 0 Å². The Morgan fingerprint density at radius 2 is 1.03 bits per heavy atom. The molecule has 7 heterocycles. The van der Waals surface area contributed by atoms with Crippen LogP contribution in [-0.4, -0.2) is 82.8 Å². The van der Waals surface area contributed by atoms with Gasteiger partial charge in [0, 0.05) is 56.7 Å². The van der Waals surface area contributed by atoms with Crippen LogP contribution in [-0.2, 0) is 40.0 Å². The summed E-state index contributed by atoms with van der Waals surface area (Å²) in [4.78, 5) is 52.4. The number of amides is 4. The van der Waals surface area contributed by atoms with Gasteiger partial charge in [-0.05, 0) is 110 Å². The maximum Gasteiger partial charge on any atom is 0.414 e. The molecule has 2 aliphatic carbocycles. The summed E-state index contributed by atoms with van der Waals surface area (Å²) in [5.41, 5.74) is 14.3. The molecule has 17 heteroatoms. The highest BCUT2D eigenvalue weighted by atomic mass is 16.6. The van der Waals surface area contributed by atoms with E-state index < -0.39 is 18.3 Å². The number of hydrogen-bond acceptors (Lipinski definition) is 11. The van der Waals surface area contributed by atoms with Crippen LogP contribution in [0.2, 0.25) is 0 Å². The first kappa shape index (κ1) is 46.4. The number of ether oxygens (including phenoxy) is 2. The molecular formula is C59H50N8O9. The van der Waals surface area contributed by atoms with Crippen LogP contribution in [0.1, 0.15) is 52.6 Å². The zero-order valence-electron chi connectivity index (χ0n) is 41.3. The van der Waals surface area contributed by atoms with E-state index in [0.717, 1.165) is 145 Å². The first-order valence-electron chi connectivity index (χ1n) is 25.5. The van der Waals surface area contributed by atoms with Crippen molar-refractivity contribution in [1.82, 2.24) is 31.0 Å². The average Bonchev–Trinajstić information content (AvgIpc) is 4.32. The molecule has 76 heavy (non-hydrogen) atoms. The summed E-state index contributed by atoms with van der Waals surface area (Å²) in [6.45, 7) is 2.68. The zero-order valence-corrected chi connectivity index (χ0v) is 41.3. The van der Waals surface area contributed by atoms with Crippen LogP contribution in [0.5, 0.6) is 0 Å². The van der Waals surface area contributed by atoms with Gasteiger partial charge in [-0.3, -0.25) is 29.6 Å². The third-order valence-electron chi connectivity index (χ3n) is 14.6. The lowest BCUT2D eigenvalue weighted by atomic mass is 10.0. The Balaban J connectivity index is 0.000000149. The average molecular weight is 1020 g/mol. The first-order valence-corrected chi connectivity index (χ1v) is 25.5. The van der Waals surface area contributed by atoms with Gasteiger partial charge in [0.15, 0.2) is 17.3 Å². The molecule has 5 aromatic heterocycles. The number of cyclic esters (lactones) is 2. The highest BCUT2D eigenvalue weighted by Crippen LogP contribution is 2.42. The second-order valence-corrected chi connectivity index (χ2v) is 19.6. The normalized spacial score (nSPS) is 16.8. The fourth-order valence-corrected chi connectivity index (χ4v) is 10.9. The van der Waals surface area contributed by atoms with Crippen molar-refractivity contribution in [3.63, 3.8) is 0 Å². The monoisotopic (exact) mass is 1010 g/mol. The van der Waals surface area contributed by atoms with E-state index in [2.05, 4.69) is 38.1 Å². The number of nitrogens with zero attached hydrogens (tertiary/aromatic N) is 4. The highest BCUT2D eigenvalue weighted by Gasteiger charge is 2.35. The number of rotatable bonds is 9. The minimum absolute atomic E-state index is 0.142. The first-order chi connectivity index (χ1) is 37.2. The van der Waals surface area contributed by atoms with Gasteiger partial charge >= 0.3 is 12.2 Å². The van der Waals surface area contributed by atoms with Crippen molar-refractivity contribution < 1.29 is 41.9 Å². The summed E-state index contributed by atoms with van der Waals surface area (Å²) in [5, 5.41) is 24.3. The molecule has 0 saturated carbocycles. The molecule has 17 nitrogen and oxygen atoms in total. The Morgan fingerprint density at radius 1 is 0.566 bits per heavy atom. The molecule has 0 unspecified atom stereocenters. The SMILES string of the molecule is CC(=O)NC[C@H]1CN(c2ccc3c(c2)CCCc2c-3n[nH]c2-c2cc3ccccc3o2)C(=O)O1.O=C(NC[C@H]1CN(c2ccc3c(c2)CCCc2c-3n[nH]c2-c2cc3ccccc3o2)C(=O)O1)c1cc2ccccc2o1. The lowest BCUT2D eigenvalue weighted by Crippen LogP contribution is -2.34. The van der Waals surface area contributed by atoms with E-state index in [1.165, 1.54) is 6.92 Å². The van der Waals surface area contributed by atoms with Crippen molar-refractivity contribution in [1.29, 1.82) is 0 Å². The van der Waals surface area contributed by atoms with Crippen molar-refractivity contribution in [3.05, 3.63) is 155 Å². The summed E-state index contributed by atoms with van der Waals surface area (Å²) < 4.78 is 28.9. The molecule has 4 N–H and O–H groups in total. The number of benzene rings is 5. The molecule has 2 atom stereocenters. The van der Waals surface area contributed by atoms with E-state index in [1.54, 1.807) is 15.9 Å². The van der Waals surface area contributed by atoms with E-state index in [0.29, 0.717) is 25.2 Å². The van der Waals surface area contributed by atoms with Gasteiger partial charge in [-0.1, -0.05) is 66.7 Å². The van der Waals surface area contributed by atoms with Gasteiger partial charge in [-0.25, -0.2) is 9.59 Å². The number of H-pyrrole nitrogens is 2. The minimum Gasteiger partial charge on any atom is -0.454 e. The van der Waals surface area contributed by atoms with Crippen LogP contribution in [0.25, 0.3) is 78.3 Å². The minimum atomic E-state index is -0.478. The third kappa shape index (κ3) is 8.68.